The Morgan fingerprint density at radius 2 is 0.700 bits per heavy atom. The van der Waals surface area contributed by atoms with Crippen molar-refractivity contribution in [3.63, 3.8) is 0 Å². The first-order valence-electron chi connectivity index (χ1n) is 23.0. The molecule has 10 aromatic rings. The summed E-state index contributed by atoms with van der Waals surface area (Å²) in [5, 5.41) is 3.89. The van der Waals surface area contributed by atoms with Crippen LogP contribution < -0.4 is 0 Å². The van der Waals surface area contributed by atoms with Gasteiger partial charge in [0.1, 0.15) is 11.1 Å². The molecular formula is C54H22F10O8S8. The minimum atomic E-state index is -2.35. The minimum Gasteiger partial charge on any atom is -0.339 e. The molecule has 0 saturated carbocycles. The maximum atomic E-state index is 14.4. The molecule has 0 spiro atoms. The molecule has 0 N–H and O–H groups in total. The molecule has 8 aromatic heterocycles. The van der Waals surface area contributed by atoms with Gasteiger partial charge in [0.15, 0.2) is 46.5 Å². The zero-order valence-electron chi connectivity index (χ0n) is 39.2. The summed E-state index contributed by atoms with van der Waals surface area (Å²) in [4.78, 5) is 59.9. The lowest BCUT2D eigenvalue weighted by molar-refractivity contribution is -0.483. The van der Waals surface area contributed by atoms with Gasteiger partial charge in [-0.2, -0.15) is 0 Å². The molecule has 8 nitrogen and oxygen atoms in total. The van der Waals surface area contributed by atoms with Gasteiger partial charge in [0.25, 0.3) is 11.6 Å². The highest BCUT2D eigenvalue weighted by atomic mass is 32.1. The van der Waals surface area contributed by atoms with Crippen molar-refractivity contribution in [1.82, 2.24) is 0 Å². The van der Waals surface area contributed by atoms with Crippen molar-refractivity contribution in [2.24, 2.45) is 0 Å². The number of rotatable bonds is 8. The number of hydrogen-bond donors (Lipinski definition) is 0. The van der Waals surface area contributed by atoms with Crippen LogP contribution in [0.2, 0.25) is 0 Å². The fourth-order valence-corrected chi connectivity index (χ4v) is 18.3. The molecule has 2 aliphatic carbocycles. The third kappa shape index (κ3) is 7.96. The molecule has 26 heteroatoms. The van der Waals surface area contributed by atoms with Crippen LogP contribution in [0.3, 0.4) is 0 Å². The van der Waals surface area contributed by atoms with Crippen molar-refractivity contribution in [1.29, 1.82) is 0 Å². The van der Waals surface area contributed by atoms with Crippen LogP contribution in [0.25, 0.3) is 58.5 Å². The first-order valence-corrected chi connectivity index (χ1v) is 29.7. The quantitative estimate of drug-likeness (QED) is 0.0487. The normalized spacial score (nSPS) is 18.0. The molecule has 4 aliphatic rings. The molecule has 404 valence electrons. The Labute approximate surface area is 473 Å². The SMILES string of the molecule is O=C(c1ccc(-c2cc3c(s2)-c2sc(-c4cccs4)cc2C24OCCOC32OCCO4)s1)c1c(F)c(F)c(F)c(F)c1F.O=C1C(=O)c2cc(-c3ccc(C(=O)c4c(F)c(F)c(F)c(F)c4F)s3)sc2-c2sc(-c3cccs3)cc21. The molecule has 14 rings (SSSR count). The van der Waals surface area contributed by atoms with Gasteiger partial charge in [-0.1, -0.05) is 12.1 Å². The largest absolute Gasteiger partial charge is 0.339 e. The molecule has 0 radical (unpaired) electrons. The number of carbonyl (C=O) groups is 4. The van der Waals surface area contributed by atoms with E-state index in [0.29, 0.717) is 40.4 Å². The van der Waals surface area contributed by atoms with E-state index in [1.807, 2.05) is 47.2 Å². The molecular weight excluding hydrogens is 1220 g/mol. The second-order valence-electron chi connectivity index (χ2n) is 17.5. The van der Waals surface area contributed by atoms with Crippen LogP contribution in [0.5, 0.6) is 0 Å². The maximum Gasteiger partial charge on any atom is 0.257 e. The number of fused-ring (bicyclic) bond motifs is 6. The molecule has 2 aromatic carbocycles. The van der Waals surface area contributed by atoms with Crippen LogP contribution in [0.15, 0.2) is 83.6 Å². The minimum absolute atomic E-state index is 0.191. The summed E-state index contributed by atoms with van der Waals surface area (Å²) >= 11 is 10.3. The van der Waals surface area contributed by atoms with Crippen LogP contribution in [-0.2, 0) is 30.5 Å². The molecule has 2 aliphatic heterocycles. The second kappa shape index (κ2) is 19.8. The number of Topliss-reactive ketones (excluding diaryl/α,β-unsaturated/α-hetero) is 2. The fourth-order valence-electron chi connectivity index (χ4n) is 9.54. The number of hydrogen-bond acceptors (Lipinski definition) is 16. The second-order valence-corrected chi connectivity index (χ2v) is 25.8. The molecule has 2 fully saturated rings. The van der Waals surface area contributed by atoms with E-state index in [2.05, 4.69) is 0 Å². The average molecular weight is 1250 g/mol. The molecule has 0 atom stereocenters. The van der Waals surface area contributed by atoms with Crippen LogP contribution >= 0.6 is 90.7 Å². The summed E-state index contributed by atoms with van der Waals surface area (Å²) in [6.45, 7) is 1.09. The van der Waals surface area contributed by atoms with Crippen molar-refractivity contribution in [3.8, 4) is 58.5 Å². The van der Waals surface area contributed by atoms with Crippen molar-refractivity contribution in [2.75, 3.05) is 26.4 Å². The predicted octanol–water partition coefficient (Wildman–Crippen LogP) is 16.5. The first-order chi connectivity index (χ1) is 38.4. The van der Waals surface area contributed by atoms with Gasteiger partial charge < -0.3 is 18.9 Å². The number of ketones is 4. The summed E-state index contributed by atoms with van der Waals surface area (Å²) in [5.74, 6) is -28.9. The summed E-state index contributed by atoms with van der Waals surface area (Å²) in [5.41, 5.74) is -1.05. The third-order valence-corrected chi connectivity index (χ3v) is 22.7. The van der Waals surface area contributed by atoms with Crippen LogP contribution in [0.1, 0.15) is 62.3 Å². The highest BCUT2D eigenvalue weighted by Gasteiger charge is 2.67. The average Bonchev–Trinajstić information content (AvgIpc) is 3.87. The van der Waals surface area contributed by atoms with Gasteiger partial charge in [-0.3, -0.25) is 19.2 Å². The number of thiophene rings is 8. The summed E-state index contributed by atoms with van der Waals surface area (Å²) in [7, 11) is 0. The Morgan fingerprint density at radius 3 is 1.06 bits per heavy atom. The van der Waals surface area contributed by atoms with Crippen LogP contribution in [-0.4, -0.2) is 49.6 Å². The number of halogens is 10. The number of benzene rings is 2. The first kappa shape index (κ1) is 53.2. The molecule has 0 bridgehead atoms. The van der Waals surface area contributed by atoms with E-state index in [0.717, 1.165) is 57.5 Å². The number of carbonyl (C=O) groups excluding carboxylic acids is 4. The van der Waals surface area contributed by atoms with E-state index < -0.39 is 104 Å². The molecule has 10 heterocycles. The van der Waals surface area contributed by atoms with E-state index >= 15 is 0 Å². The Kier molecular flexibility index (Phi) is 13.2. The van der Waals surface area contributed by atoms with Crippen molar-refractivity contribution < 1.29 is 82.0 Å². The smallest absolute Gasteiger partial charge is 0.257 e. The van der Waals surface area contributed by atoms with Gasteiger partial charge in [0.05, 0.1) is 55.7 Å². The van der Waals surface area contributed by atoms with E-state index in [9.17, 15) is 63.1 Å². The van der Waals surface area contributed by atoms with Gasteiger partial charge in [0.2, 0.25) is 34.8 Å². The lowest BCUT2D eigenvalue weighted by Gasteiger charge is -2.55. The van der Waals surface area contributed by atoms with Gasteiger partial charge in [-0.15, -0.1) is 90.7 Å². The van der Waals surface area contributed by atoms with Crippen molar-refractivity contribution in [3.05, 3.63) is 185 Å². The molecule has 0 unspecified atom stereocenters. The Hall–Kier alpha value is -6.14. The predicted molar refractivity (Wildman–Crippen MR) is 284 cm³/mol. The summed E-state index contributed by atoms with van der Waals surface area (Å²) in [6, 6.07) is 20.4. The Balaban J connectivity index is 0.000000153. The molecule has 80 heavy (non-hydrogen) atoms. The fraction of sp³-hybridized carbons (Fsp3) is 0.111. The van der Waals surface area contributed by atoms with Gasteiger partial charge in [0, 0.05) is 61.3 Å². The highest BCUT2D eigenvalue weighted by molar-refractivity contribution is 7.30. The highest BCUT2D eigenvalue weighted by Crippen LogP contribution is 2.64. The van der Waals surface area contributed by atoms with Gasteiger partial charge in [-0.05, 0) is 71.4 Å². The van der Waals surface area contributed by atoms with Crippen LogP contribution in [0, 0.1) is 58.2 Å². The molecule has 2 saturated heterocycles. The van der Waals surface area contributed by atoms with E-state index in [-0.39, 0.29) is 41.7 Å². The lowest BCUT2D eigenvalue weighted by Crippen LogP contribution is -2.63. The summed E-state index contributed by atoms with van der Waals surface area (Å²) in [6.07, 6.45) is 0. The lowest BCUT2D eigenvalue weighted by atomic mass is 9.83. The Morgan fingerprint density at radius 1 is 0.375 bits per heavy atom. The molecule has 0 amide bonds. The monoisotopic (exact) mass is 1240 g/mol. The van der Waals surface area contributed by atoms with Gasteiger partial charge >= 0.3 is 0 Å². The van der Waals surface area contributed by atoms with Crippen LogP contribution in [0.4, 0.5) is 43.9 Å². The van der Waals surface area contributed by atoms with Crippen molar-refractivity contribution >= 4 is 114 Å². The third-order valence-electron chi connectivity index (χ3n) is 13.1. The Bertz CT molecular complexity index is 4210. The van der Waals surface area contributed by atoms with E-state index in [1.54, 1.807) is 34.8 Å². The van der Waals surface area contributed by atoms with Crippen molar-refractivity contribution in [2.45, 2.75) is 11.6 Å². The summed E-state index contributed by atoms with van der Waals surface area (Å²) < 4.78 is 164. The topological polar surface area (TPSA) is 105 Å². The number of ether oxygens (including phenoxy) is 4. The zero-order valence-corrected chi connectivity index (χ0v) is 45.8. The maximum absolute atomic E-state index is 14.4. The van der Waals surface area contributed by atoms with E-state index in [1.165, 1.54) is 69.6 Å². The van der Waals surface area contributed by atoms with E-state index in [4.69, 9.17) is 18.9 Å². The van der Waals surface area contributed by atoms with Gasteiger partial charge in [-0.25, -0.2) is 43.9 Å². The zero-order chi connectivity index (χ0) is 55.8. The standard InChI is InChI=1S/C29H15F5O5S4.C25H7F5O3S4/c30-20-19(21(31)23(33)24(34)22(20)32)25(35)16-4-3-15(41-16)18-11-13-27(43-18)26-12(10-17(42-26)14-2-1-9-40-14)28-29(13,38-7-5-36-28)39-8-6-37-28;26-16-15(17(27)19(29)20(30)18(16)28)23(33)12-4-3-11(35-12)14-7-9-22(32)21(31)8-6-13(10-2-1-5-34-10)36-24(8)25(9)37-14/h1-4,9-11H,5-8H2;1-7H.